The number of amides is 1. The van der Waals surface area contributed by atoms with E-state index in [0.29, 0.717) is 5.69 Å². The summed E-state index contributed by atoms with van der Waals surface area (Å²) in [7, 11) is 0. The molecule has 2 aromatic rings. The van der Waals surface area contributed by atoms with E-state index in [1.54, 1.807) is 12.1 Å². The Morgan fingerprint density at radius 2 is 1.78 bits per heavy atom. The van der Waals surface area contributed by atoms with Gasteiger partial charge in [-0.2, -0.15) is 0 Å². The number of carbonyl (C=O) groups excluding carboxylic acids is 2. The number of carbonyl (C=O) groups is 2. The van der Waals surface area contributed by atoms with Crippen LogP contribution in [-0.4, -0.2) is 31.6 Å². The molecule has 27 heavy (non-hydrogen) atoms. The average Bonchev–Trinajstić information content (AvgIpc) is 2.67. The maximum Gasteiger partial charge on any atom is 0.343 e. The van der Waals surface area contributed by atoms with Gasteiger partial charge in [0.2, 0.25) is 0 Å². The number of nitrogens with one attached hydrogen (secondary N) is 1. The third kappa shape index (κ3) is 4.98. The van der Waals surface area contributed by atoms with Gasteiger partial charge in [-0.15, -0.1) is 0 Å². The highest BCUT2D eigenvalue weighted by Gasteiger charge is 2.18. The van der Waals surface area contributed by atoms with Crippen molar-refractivity contribution in [2.75, 3.05) is 29.9 Å². The maximum absolute atomic E-state index is 13.7. The van der Waals surface area contributed by atoms with Crippen molar-refractivity contribution < 1.29 is 18.7 Å². The molecule has 1 aliphatic rings. The number of hydrogen-bond acceptors (Lipinski definition) is 4. The van der Waals surface area contributed by atoms with Crippen LogP contribution in [0.2, 0.25) is 5.02 Å². The van der Waals surface area contributed by atoms with Crippen LogP contribution in [0.15, 0.2) is 42.5 Å². The van der Waals surface area contributed by atoms with Crippen LogP contribution in [0.5, 0.6) is 0 Å². The third-order valence-corrected chi connectivity index (χ3v) is 4.69. The van der Waals surface area contributed by atoms with Crippen molar-refractivity contribution in [1.82, 2.24) is 0 Å². The minimum atomic E-state index is -0.978. The van der Waals surface area contributed by atoms with Crippen LogP contribution in [0.25, 0.3) is 0 Å². The fraction of sp³-hybridized carbons (Fsp3) is 0.300. The summed E-state index contributed by atoms with van der Waals surface area (Å²) in [5.41, 5.74) is 1.34. The predicted octanol–water partition coefficient (Wildman–Crippen LogP) is 4.26. The number of anilines is 2. The van der Waals surface area contributed by atoms with Gasteiger partial charge in [0, 0.05) is 24.5 Å². The van der Waals surface area contributed by atoms with Gasteiger partial charge in [0.15, 0.2) is 6.61 Å². The first-order chi connectivity index (χ1) is 13.0. The van der Waals surface area contributed by atoms with Crippen molar-refractivity contribution in [3.05, 3.63) is 58.9 Å². The molecule has 0 aliphatic carbocycles. The SMILES string of the molecule is O=C(COC(=O)c1c(F)cccc1Cl)Nc1ccc(N2CCCCC2)cc1. The fourth-order valence-electron chi connectivity index (χ4n) is 3.00. The highest BCUT2D eigenvalue weighted by molar-refractivity contribution is 6.33. The lowest BCUT2D eigenvalue weighted by Crippen LogP contribution is -2.29. The van der Waals surface area contributed by atoms with Crippen molar-refractivity contribution in [2.45, 2.75) is 19.3 Å². The molecule has 1 saturated heterocycles. The van der Waals surface area contributed by atoms with Crippen molar-refractivity contribution in [1.29, 1.82) is 0 Å². The van der Waals surface area contributed by atoms with Crippen LogP contribution in [0.1, 0.15) is 29.6 Å². The van der Waals surface area contributed by atoms with Crippen LogP contribution in [0.4, 0.5) is 15.8 Å². The molecule has 5 nitrogen and oxygen atoms in total. The van der Waals surface area contributed by atoms with Gasteiger partial charge in [0.25, 0.3) is 5.91 Å². The van der Waals surface area contributed by atoms with Crippen molar-refractivity contribution in [2.24, 2.45) is 0 Å². The molecular formula is C20H20ClFN2O3. The van der Waals surface area contributed by atoms with Crippen molar-refractivity contribution >= 4 is 34.9 Å². The second kappa shape index (κ2) is 8.86. The van der Waals surface area contributed by atoms with E-state index in [1.807, 2.05) is 12.1 Å². The Morgan fingerprint density at radius 3 is 2.44 bits per heavy atom. The lowest BCUT2D eigenvalue weighted by molar-refractivity contribution is -0.119. The number of rotatable bonds is 5. The molecule has 1 amide bonds. The topological polar surface area (TPSA) is 58.6 Å². The summed E-state index contributed by atoms with van der Waals surface area (Å²) in [6.07, 6.45) is 3.65. The summed E-state index contributed by atoms with van der Waals surface area (Å²) in [6, 6.07) is 11.4. The van der Waals surface area contributed by atoms with E-state index in [4.69, 9.17) is 16.3 Å². The molecule has 0 unspecified atom stereocenters. The molecular weight excluding hydrogens is 371 g/mol. The minimum absolute atomic E-state index is 0.0614. The second-order valence-corrected chi connectivity index (χ2v) is 6.72. The molecule has 0 aromatic heterocycles. The maximum atomic E-state index is 13.7. The van der Waals surface area contributed by atoms with Crippen LogP contribution in [0.3, 0.4) is 0 Å². The summed E-state index contributed by atoms with van der Waals surface area (Å²) in [4.78, 5) is 26.2. The van der Waals surface area contributed by atoms with Gasteiger partial charge in [0.05, 0.1) is 5.02 Å². The van der Waals surface area contributed by atoms with Crippen LogP contribution >= 0.6 is 11.6 Å². The van der Waals surface area contributed by atoms with E-state index in [0.717, 1.165) is 24.8 Å². The first kappa shape index (κ1) is 19.2. The summed E-state index contributed by atoms with van der Waals surface area (Å²) in [6.45, 7) is 1.55. The normalized spacial score (nSPS) is 13.9. The largest absolute Gasteiger partial charge is 0.452 e. The van der Waals surface area contributed by atoms with Gasteiger partial charge in [-0.05, 0) is 55.7 Å². The van der Waals surface area contributed by atoms with E-state index >= 15 is 0 Å². The summed E-state index contributed by atoms with van der Waals surface area (Å²) >= 11 is 5.80. The smallest absolute Gasteiger partial charge is 0.343 e. The van der Waals surface area contributed by atoms with Gasteiger partial charge in [0.1, 0.15) is 11.4 Å². The number of hydrogen-bond donors (Lipinski definition) is 1. The summed E-state index contributed by atoms with van der Waals surface area (Å²) < 4.78 is 18.5. The number of benzene rings is 2. The molecule has 1 fully saturated rings. The Morgan fingerprint density at radius 1 is 1.07 bits per heavy atom. The van der Waals surface area contributed by atoms with E-state index < -0.39 is 24.3 Å². The first-order valence-corrected chi connectivity index (χ1v) is 9.18. The number of nitrogens with zero attached hydrogens (tertiary/aromatic N) is 1. The minimum Gasteiger partial charge on any atom is -0.452 e. The Labute approximate surface area is 162 Å². The first-order valence-electron chi connectivity index (χ1n) is 8.80. The van der Waals surface area contributed by atoms with Crippen LogP contribution in [0, 0.1) is 5.82 Å². The van der Waals surface area contributed by atoms with Crippen LogP contribution in [-0.2, 0) is 9.53 Å². The number of esters is 1. The standard InChI is InChI=1S/C20H20ClFN2O3/c21-16-5-4-6-17(22)19(16)20(26)27-13-18(25)23-14-7-9-15(10-8-14)24-11-2-1-3-12-24/h4-10H,1-3,11-13H2,(H,23,25). The zero-order valence-electron chi connectivity index (χ0n) is 14.7. The van der Waals surface area contributed by atoms with E-state index in [1.165, 1.54) is 31.4 Å². The molecule has 1 aliphatic heterocycles. The average molecular weight is 391 g/mol. The molecule has 0 spiro atoms. The molecule has 0 saturated carbocycles. The third-order valence-electron chi connectivity index (χ3n) is 4.37. The lowest BCUT2D eigenvalue weighted by atomic mass is 10.1. The molecule has 0 bridgehead atoms. The van der Waals surface area contributed by atoms with Gasteiger partial charge < -0.3 is 15.0 Å². The molecule has 0 atom stereocenters. The number of piperidine rings is 1. The zero-order valence-corrected chi connectivity index (χ0v) is 15.5. The highest BCUT2D eigenvalue weighted by atomic mass is 35.5. The van der Waals surface area contributed by atoms with Gasteiger partial charge in [-0.1, -0.05) is 17.7 Å². The highest BCUT2D eigenvalue weighted by Crippen LogP contribution is 2.22. The van der Waals surface area contributed by atoms with Gasteiger partial charge in [-0.3, -0.25) is 4.79 Å². The number of halogens is 2. The zero-order chi connectivity index (χ0) is 19.2. The lowest BCUT2D eigenvalue weighted by Gasteiger charge is -2.28. The molecule has 0 radical (unpaired) electrons. The second-order valence-electron chi connectivity index (χ2n) is 6.32. The van der Waals surface area contributed by atoms with Gasteiger partial charge in [-0.25, -0.2) is 9.18 Å². The quantitative estimate of drug-likeness (QED) is 0.775. The molecule has 1 N–H and O–H groups in total. The molecule has 7 heteroatoms. The molecule has 2 aromatic carbocycles. The number of ether oxygens (including phenoxy) is 1. The summed E-state index contributed by atoms with van der Waals surface area (Å²) in [5, 5.41) is 2.59. The molecule has 1 heterocycles. The van der Waals surface area contributed by atoms with Gasteiger partial charge >= 0.3 is 5.97 Å². The molecule has 3 rings (SSSR count). The fourth-order valence-corrected chi connectivity index (χ4v) is 3.24. The monoisotopic (exact) mass is 390 g/mol. The Hall–Kier alpha value is -2.60. The molecule has 142 valence electrons. The van der Waals surface area contributed by atoms with Crippen LogP contribution < -0.4 is 10.2 Å². The van der Waals surface area contributed by atoms with Crippen molar-refractivity contribution in [3.63, 3.8) is 0 Å². The predicted molar refractivity (Wildman–Crippen MR) is 103 cm³/mol. The van der Waals surface area contributed by atoms with E-state index in [9.17, 15) is 14.0 Å². The Kier molecular flexibility index (Phi) is 6.29. The Balaban J connectivity index is 1.52. The summed E-state index contributed by atoms with van der Waals surface area (Å²) in [5.74, 6) is -2.28. The Bertz CT molecular complexity index is 800. The van der Waals surface area contributed by atoms with Crippen molar-refractivity contribution in [3.8, 4) is 0 Å². The van der Waals surface area contributed by atoms with E-state index in [-0.39, 0.29) is 10.6 Å². The van der Waals surface area contributed by atoms with E-state index in [2.05, 4.69) is 10.2 Å².